The predicted octanol–water partition coefficient (Wildman–Crippen LogP) is 15.4. The van der Waals surface area contributed by atoms with E-state index in [2.05, 4.69) is 159 Å². The molecule has 7 aromatic carbocycles. The SMILES string of the molecule is CCCCCCOc1ccc(-c2ccc(CCc3ccc(C#Cc4cc(F)cc(C#Cc5ccc(CCc6ccc(-c7ccc(OCCCCCC)cc7)cc6)cc5)c4)cc3)cc2)cc1. The molecule has 7 rings (SSSR count). The minimum Gasteiger partial charge on any atom is -0.494 e. The van der Waals surface area contributed by atoms with Gasteiger partial charge in [-0.25, -0.2) is 4.39 Å². The van der Waals surface area contributed by atoms with Crippen LogP contribution in [-0.4, -0.2) is 13.2 Å². The number of aryl methyl sites for hydroxylation is 4. The van der Waals surface area contributed by atoms with Crippen LogP contribution in [-0.2, 0) is 25.7 Å². The van der Waals surface area contributed by atoms with Crippen molar-refractivity contribution in [3.05, 3.63) is 214 Å². The summed E-state index contributed by atoms with van der Waals surface area (Å²) in [5, 5.41) is 0. The zero-order valence-electron chi connectivity index (χ0n) is 38.2. The maximum atomic E-state index is 14.7. The van der Waals surface area contributed by atoms with Crippen LogP contribution in [0.15, 0.2) is 164 Å². The number of hydrogen-bond donors (Lipinski definition) is 0. The summed E-state index contributed by atoms with van der Waals surface area (Å²) < 4.78 is 26.5. The smallest absolute Gasteiger partial charge is 0.125 e. The van der Waals surface area contributed by atoms with Crippen molar-refractivity contribution in [2.24, 2.45) is 0 Å². The fraction of sp³-hybridized carbons (Fsp3) is 0.258. The van der Waals surface area contributed by atoms with Gasteiger partial charge in [-0.2, -0.15) is 0 Å². The van der Waals surface area contributed by atoms with Gasteiger partial charge in [0, 0.05) is 22.3 Å². The summed E-state index contributed by atoms with van der Waals surface area (Å²) >= 11 is 0. The summed E-state index contributed by atoms with van der Waals surface area (Å²) in [6.45, 7) is 6.01. The minimum atomic E-state index is -0.347. The molecule has 3 heteroatoms. The Morgan fingerprint density at radius 1 is 0.338 bits per heavy atom. The van der Waals surface area contributed by atoms with E-state index in [1.807, 2.05) is 30.3 Å². The van der Waals surface area contributed by atoms with Crippen LogP contribution >= 0.6 is 0 Å². The number of unbranched alkanes of at least 4 members (excludes halogenated alkanes) is 6. The number of ether oxygens (including phenoxy) is 2. The lowest BCUT2D eigenvalue weighted by Gasteiger charge is -2.08. The topological polar surface area (TPSA) is 18.5 Å². The van der Waals surface area contributed by atoms with Gasteiger partial charge in [0.05, 0.1) is 13.2 Å². The Balaban J connectivity index is 0.850. The van der Waals surface area contributed by atoms with Gasteiger partial charge in [0.1, 0.15) is 17.3 Å². The number of halogens is 1. The molecule has 0 heterocycles. The Kier molecular flexibility index (Phi) is 17.7. The molecule has 0 fully saturated rings. The Labute approximate surface area is 387 Å². The Bertz CT molecular complexity index is 2450. The number of rotatable bonds is 20. The second-order valence-corrected chi connectivity index (χ2v) is 16.9. The van der Waals surface area contributed by atoms with Crippen LogP contribution in [0.2, 0.25) is 0 Å². The quantitative estimate of drug-likeness (QED) is 0.0562. The summed E-state index contributed by atoms with van der Waals surface area (Å²) in [5.41, 5.74) is 12.9. The van der Waals surface area contributed by atoms with Crippen molar-refractivity contribution in [2.75, 3.05) is 13.2 Å². The second kappa shape index (κ2) is 24.9. The molecule has 0 amide bonds. The monoisotopic (exact) mass is 856 g/mol. The maximum Gasteiger partial charge on any atom is 0.125 e. The zero-order chi connectivity index (χ0) is 44.9. The normalized spacial score (nSPS) is 10.7. The van der Waals surface area contributed by atoms with Gasteiger partial charge in [-0.05, 0) is 150 Å². The van der Waals surface area contributed by atoms with Gasteiger partial charge in [0.25, 0.3) is 0 Å². The van der Waals surface area contributed by atoms with Crippen molar-refractivity contribution in [3.63, 3.8) is 0 Å². The molecule has 0 spiro atoms. The Morgan fingerprint density at radius 2 is 0.646 bits per heavy atom. The minimum absolute atomic E-state index is 0.347. The highest BCUT2D eigenvalue weighted by Crippen LogP contribution is 2.25. The van der Waals surface area contributed by atoms with Crippen molar-refractivity contribution in [3.8, 4) is 57.4 Å². The third-order valence-corrected chi connectivity index (χ3v) is 11.7. The molecule has 0 radical (unpaired) electrons. The highest BCUT2D eigenvalue weighted by atomic mass is 19.1. The molecular formula is C62H61FO2. The molecular weight excluding hydrogens is 796 g/mol. The summed E-state index contributed by atoms with van der Waals surface area (Å²) in [6.07, 6.45) is 13.4. The lowest BCUT2D eigenvalue weighted by atomic mass is 10.00. The fourth-order valence-electron chi connectivity index (χ4n) is 7.76. The van der Waals surface area contributed by atoms with Gasteiger partial charge in [-0.1, -0.05) is 173 Å². The largest absolute Gasteiger partial charge is 0.494 e. The molecule has 0 saturated carbocycles. The molecule has 0 atom stereocenters. The molecule has 0 bridgehead atoms. The third kappa shape index (κ3) is 15.2. The van der Waals surface area contributed by atoms with Gasteiger partial charge < -0.3 is 9.47 Å². The van der Waals surface area contributed by atoms with Crippen LogP contribution < -0.4 is 9.47 Å². The first-order chi connectivity index (χ1) is 32.0. The summed E-state index contributed by atoms with van der Waals surface area (Å²) in [7, 11) is 0. The molecule has 0 aliphatic rings. The van der Waals surface area contributed by atoms with Crippen LogP contribution in [0.3, 0.4) is 0 Å². The fourth-order valence-corrected chi connectivity index (χ4v) is 7.76. The first kappa shape index (κ1) is 46.2. The summed E-state index contributed by atoms with van der Waals surface area (Å²) in [5.74, 6) is 14.2. The van der Waals surface area contributed by atoms with Crippen molar-refractivity contribution >= 4 is 0 Å². The van der Waals surface area contributed by atoms with Crippen LogP contribution in [0.4, 0.5) is 4.39 Å². The Morgan fingerprint density at radius 3 is 0.985 bits per heavy atom. The van der Waals surface area contributed by atoms with Crippen molar-refractivity contribution in [1.29, 1.82) is 0 Å². The van der Waals surface area contributed by atoms with Gasteiger partial charge in [-0.3, -0.25) is 0 Å². The van der Waals surface area contributed by atoms with E-state index in [0.717, 1.165) is 74.4 Å². The van der Waals surface area contributed by atoms with E-state index in [1.54, 1.807) is 0 Å². The first-order valence-electron chi connectivity index (χ1n) is 23.7. The molecule has 7 aromatic rings. The summed E-state index contributed by atoms with van der Waals surface area (Å²) in [4.78, 5) is 0. The van der Waals surface area contributed by atoms with Crippen molar-refractivity contribution < 1.29 is 13.9 Å². The van der Waals surface area contributed by atoms with Crippen LogP contribution in [0.1, 0.15) is 110 Å². The molecule has 0 aliphatic heterocycles. The standard InChI is InChI=1S/C62H61FO2/c1-3-5-7-9-43-64-61-39-35-58(36-40-61)56-31-27-52(28-32-56)21-19-48-11-15-50(16-12-48)23-25-54-45-55(47-60(63)46-54)26-24-51-17-13-49(14-18-51)20-22-53-29-33-57(34-30-53)59-37-41-62(42-38-59)65-44-10-8-6-4-2/h11-18,27-42,45-47H,3-10,19-22,43-44H2,1-2H3. The third-order valence-electron chi connectivity index (χ3n) is 11.7. The van der Waals surface area contributed by atoms with E-state index in [0.29, 0.717) is 11.1 Å². The molecule has 0 saturated heterocycles. The van der Waals surface area contributed by atoms with E-state index in [9.17, 15) is 4.39 Å². The molecule has 0 N–H and O–H groups in total. The second-order valence-electron chi connectivity index (χ2n) is 16.9. The first-order valence-corrected chi connectivity index (χ1v) is 23.7. The van der Waals surface area contributed by atoms with Crippen LogP contribution in [0, 0.1) is 29.5 Å². The molecule has 2 nitrogen and oxygen atoms in total. The number of hydrogen-bond acceptors (Lipinski definition) is 2. The average Bonchev–Trinajstić information content (AvgIpc) is 3.35. The lowest BCUT2D eigenvalue weighted by Crippen LogP contribution is -1.97. The van der Waals surface area contributed by atoms with E-state index in [-0.39, 0.29) is 5.82 Å². The lowest BCUT2D eigenvalue weighted by molar-refractivity contribution is 0.305. The van der Waals surface area contributed by atoms with Gasteiger partial charge in [-0.15, -0.1) is 0 Å². The molecule has 0 aromatic heterocycles. The van der Waals surface area contributed by atoms with E-state index in [1.165, 1.54) is 95.2 Å². The Hall–Kier alpha value is -6.81. The van der Waals surface area contributed by atoms with Crippen LogP contribution in [0.5, 0.6) is 11.5 Å². The average molecular weight is 857 g/mol. The molecule has 0 aliphatic carbocycles. The molecule has 65 heavy (non-hydrogen) atoms. The van der Waals surface area contributed by atoms with Gasteiger partial charge in [0.15, 0.2) is 0 Å². The summed E-state index contributed by atoms with van der Waals surface area (Å²) in [6, 6.07) is 55.9. The van der Waals surface area contributed by atoms with Crippen molar-refractivity contribution in [1.82, 2.24) is 0 Å². The predicted molar refractivity (Wildman–Crippen MR) is 269 cm³/mol. The van der Waals surface area contributed by atoms with E-state index in [4.69, 9.17) is 9.47 Å². The van der Waals surface area contributed by atoms with Gasteiger partial charge >= 0.3 is 0 Å². The molecule has 0 unspecified atom stereocenters. The van der Waals surface area contributed by atoms with Crippen LogP contribution in [0.25, 0.3) is 22.3 Å². The highest BCUT2D eigenvalue weighted by molar-refractivity contribution is 5.65. The maximum absolute atomic E-state index is 14.7. The zero-order valence-corrected chi connectivity index (χ0v) is 38.2. The molecule has 328 valence electrons. The number of benzene rings is 7. The van der Waals surface area contributed by atoms with Gasteiger partial charge in [0.2, 0.25) is 0 Å². The highest BCUT2D eigenvalue weighted by Gasteiger charge is 2.05. The van der Waals surface area contributed by atoms with E-state index >= 15 is 0 Å². The van der Waals surface area contributed by atoms with Crippen molar-refractivity contribution in [2.45, 2.75) is 90.9 Å². The van der Waals surface area contributed by atoms with E-state index < -0.39 is 0 Å².